The molecule has 1 atom stereocenters. The molecule has 1 aromatic carbocycles. The van der Waals surface area contributed by atoms with Crippen LogP contribution in [0.3, 0.4) is 0 Å². The van der Waals surface area contributed by atoms with E-state index in [1.165, 1.54) is 24.9 Å². The molecule has 0 radical (unpaired) electrons. The first-order valence-electron chi connectivity index (χ1n) is 8.24. The second kappa shape index (κ2) is 6.08. The number of hydrogen-bond donors (Lipinski definition) is 1. The van der Waals surface area contributed by atoms with E-state index in [9.17, 15) is 0 Å². The summed E-state index contributed by atoms with van der Waals surface area (Å²) in [5, 5.41) is 7.67. The Balaban J connectivity index is 1.23. The zero-order chi connectivity index (χ0) is 14.8. The Morgan fingerprint density at radius 3 is 2.86 bits per heavy atom. The van der Waals surface area contributed by atoms with Crippen LogP contribution < -0.4 is 10.2 Å². The van der Waals surface area contributed by atoms with Gasteiger partial charge in [-0.1, -0.05) is 23.4 Å². The van der Waals surface area contributed by atoms with Crippen LogP contribution in [0.25, 0.3) is 0 Å². The predicted molar refractivity (Wildman–Crippen MR) is 85.0 cm³/mol. The molecule has 2 fully saturated rings. The van der Waals surface area contributed by atoms with Gasteiger partial charge in [0.1, 0.15) is 0 Å². The number of nitrogens with one attached hydrogen (secondary N) is 1. The Bertz CT molecular complexity index is 608. The normalized spacial score (nSPS) is 21.5. The number of rotatable bonds is 6. The van der Waals surface area contributed by atoms with Crippen molar-refractivity contribution in [1.82, 2.24) is 15.5 Å². The van der Waals surface area contributed by atoms with E-state index in [0.29, 0.717) is 12.0 Å². The molecule has 2 aromatic rings. The summed E-state index contributed by atoms with van der Waals surface area (Å²) in [5.41, 5.74) is 1.32. The van der Waals surface area contributed by atoms with Crippen LogP contribution in [0.4, 0.5) is 5.69 Å². The molecule has 0 bridgehead atoms. The quantitative estimate of drug-likeness (QED) is 0.887. The Kier molecular flexibility index (Phi) is 3.81. The highest BCUT2D eigenvalue weighted by Crippen LogP contribution is 2.38. The maximum absolute atomic E-state index is 5.31. The molecule has 2 aliphatic rings. The van der Waals surface area contributed by atoms with Gasteiger partial charge < -0.3 is 14.7 Å². The Labute approximate surface area is 130 Å². The lowest BCUT2D eigenvalue weighted by Crippen LogP contribution is -2.33. The minimum atomic E-state index is 0.547. The van der Waals surface area contributed by atoms with Crippen LogP contribution in [0, 0.1) is 0 Å². The third-order valence-electron chi connectivity index (χ3n) is 4.51. The molecule has 22 heavy (non-hydrogen) atoms. The van der Waals surface area contributed by atoms with Gasteiger partial charge in [0.05, 0.1) is 0 Å². The number of anilines is 1. The number of hydrogen-bond acceptors (Lipinski definition) is 5. The summed E-state index contributed by atoms with van der Waals surface area (Å²) in [6.45, 7) is 3.09. The van der Waals surface area contributed by atoms with E-state index in [2.05, 4.69) is 50.7 Å². The number of para-hydroxylation sites is 1. The lowest BCUT2D eigenvalue weighted by atomic mass is 10.2. The van der Waals surface area contributed by atoms with Crippen LogP contribution in [0.5, 0.6) is 0 Å². The van der Waals surface area contributed by atoms with Crippen LogP contribution >= 0.6 is 0 Å². The highest BCUT2D eigenvalue weighted by molar-refractivity contribution is 5.47. The minimum absolute atomic E-state index is 0.547. The van der Waals surface area contributed by atoms with Crippen molar-refractivity contribution < 1.29 is 4.52 Å². The molecule has 0 spiro atoms. The Morgan fingerprint density at radius 1 is 1.18 bits per heavy atom. The summed E-state index contributed by atoms with van der Waals surface area (Å²) >= 11 is 0. The molecule has 5 nitrogen and oxygen atoms in total. The third-order valence-corrected chi connectivity index (χ3v) is 4.51. The molecule has 116 valence electrons. The molecule has 1 N–H and O–H groups in total. The highest BCUT2D eigenvalue weighted by atomic mass is 16.5. The maximum atomic E-state index is 5.31. The number of nitrogens with zero attached hydrogens (tertiary/aromatic N) is 3. The second-order valence-corrected chi connectivity index (χ2v) is 6.29. The standard InChI is InChI=1S/C17H22N4O/c1-2-4-15(5-3-1)21-11-9-14(12-21)18-10-8-16-19-17(20-22-16)13-6-7-13/h1-5,13-14,18H,6-12H2/t14-/m0/s1. The zero-order valence-corrected chi connectivity index (χ0v) is 12.7. The predicted octanol–water partition coefficient (Wildman–Crippen LogP) is 2.36. The van der Waals surface area contributed by atoms with Gasteiger partial charge in [-0.3, -0.25) is 0 Å². The van der Waals surface area contributed by atoms with Crippen molar-refractivity contribution in [1.29, 1.82) is 0 Å². The molecule has 0 amide bonds. The van der Waals surface area contributed by atoms with Crippen molar-refractivity contribution in [3.63, 3.8) is 0 Å². The van der Waals surface area contributed by atoms with Gasteiger partial charge in [0, 0.05) is 43.7 Å². The van der Waals surface area contributed by atoms with Crippen LogP contribution in [-0.2, 0) is 6.42 Å². The monoisotopic (exact) mass is 298 g/mol. The van der Waals surface area contributed by atoms with E-state index in [4.69, 9.17) is 4.52 Å². The van der Waals surface area contributed by atoms with Gasteiger partial charge in [0.25, 0.3) is 0 Å². The molecule has 5 heteroatoms. The van der Waals surface area contributed by atoms with E-state index < -0.39 is 0 Å². The topological polar surface area (TPSA) is 54.2 Å². The van der Waals surface area contributed by atoms with Gasteiger partial charge in [-0.2, -0.15) is 4.98 Å². The lowest BCUT2D eigenvalue weighted by Gasteiger charge is -2.18. The Morgan fingerprint density at radius 2 is 2.05 bits per heavy atom. The van der Waals surface area contributed by atoms with Gasteiger partial charge in [-0.05, 0) is 31.4 Å². The molecule has 1 aromatic heterocycles. The van der Waals surface area contributed by atoms with Crippen LogP contribution in [0.2, 0.25) is 0 Å². The average Bonchev–Trinajstić information content (AvgIpc) is 3.11. The van der Waals surface area contributed by atoms with E-state index in [1.807, 2.05) is 0 Å². The highest BCUT2D eigenvalue weighted by Gasteiger charge is 2.28. The molecule has 0 unspecified atom stereocenters. The fraction of sp³-hybridized carbons (Fsp3) is 0.529. The van der Waals surface area contributed by atoms with Crippen molar-refractivity contribution >= 4 is 5.69 Å². The zero-order valence-electron chi connectivity index (χ0n) is 12.7. The number of benzene rings is 1. The van der Waals surface area contributed by atoms with Gasteiger partial charge in [0.2, 0.25) is 5.89 Å². The first-order valence-corrected chi connectivity index (χ1v) is 8.24. The summed E-state index contributed by atoms with van der Waals surface area (Å²) in [5.74, 6) is 2.25. The molecular weight excluding hydrogens is 276 g/mol. The van der Waals surface area contributed by atoms with Crippen molar-refractivity contribution in [3.05, 3.63) is 42.0 Å². The minimum Gasteiger partial charge on any atom is -0.370 e. The first-order chi connectivity index (χ1) is 10.9. The van der Waals surface area contributed by atoms with Crippen LogP contribution in [0.1, 0.15) is 36.9 Å². The summed E-state index contributed by atoms with van der Waals surface area (Å²) in [6, 6.07) is 11.2. The van der Waals surface area contributed by atoms with Crippen molar-refractivity contribution in [2.75, 3.05) is 24.5 Å². The Hall–Kier alpha value is -1.88. The number of aromatic nitrogens is 2. The average molecular weight is 298 g/mol. The summed E-state index contributed by atoms with van der Waals surface area (Å²) < 4.78 is 5.31. The van der Waals surface area contributed by atoms with Crippen molar-refractivity contribution in [3.8, 4) is 0 Å². The molecule has 2 heterocycles. The van der Waals surface area contributed by atoms with Gasteiger partial charge in [-0.25, -0.2) is 0 Å². The molecule has 4 rings (SSSR count). The first kappa shape index (κ1) is 13.8. The molecular formula is C17H22N4O. The largest absolute Gasteiger partial charge is 0.370 e. The maximum Gasteiger partial charge on any atom is 0.227 e. The molecule has 1 saturated heterocycles. The lowest BCUT2D eigenvalue weighted by molar-refractivity contribution is 0.368. The molecule has 1 saturated carbocycles. The van der Waals surface area contributed by atoms with Crippen LogP contribution in [-0.4, -0.2) is 35.8 Å². The van der Waals surface area contributed by atoms with Gasteiger partial charge in [-0.15, -0.1) is 0 Å². The van der Waals surface area contributed by atoms with E-state index in [-0.39, 0.29) is 0 Å². The fourth-order valence-corrected chi connectivity index (χ4v) is 3.06. The molecule has 1 aliphatic heterocycles. The van der Waals surface area contributed by atoms with E-state index in [0.717, 1.165) is 37.8 Å². The van der Waals surface area contributed by atoms with Crippen molar-refractivity contribution in [2.24, 2.45) is 0 Å². The van der Waals surface area contributed by atoms with Crippen LogP contribution in [0.15, 0.2) is 34.9 Å². The smallest absolute Gasteiger partial charge is 0.227 e. The SMILES string of the molecule is c1ccc(N2CC[C@H](NCCc3nc(C4CC4)no3)C2)cc1. The van der Waals surface area contributed by atoms with Gasteiger partial charge in [0.15, 0.2) is 5.82 Å². The summed E-state index contributed by atoms with van der Waals surface area (Å²) in [4.78, 5) is 6.91. The fourth-order valence-electron chi connectivity index (χ4n) is 3.06. The van der Waals surface area contributed by atoms with E-state index in [1.54, 1.807) is 0 Å². The van der Waals surface area contributed by atoms with E-state index >= 15 is 0 Å². The summed E-state index contributed by atoms with van der Waals surface area (Å²) in [6.07, 6.45) is 4.44. The summed E-state index contributed by atoms with van der Waals surface area (Å²) in [7, 11) is 0. The second-order valence-electron chi connectivity index (χ2n) is 6.29. The van der Waals surface area contributed by atoms with Crippen molar-refractivity contribution in [2.45, 2.75) is 37.6 Å². The molecule has 1 aliphatic carbocycles. The third kappa shape index (κ3) is 3.14. The van der Waals surface area contributed by atoms with Gasteiger partial charge >= 0.3 is 0 Å².